The molecule has 2 aromatic rings. The number of carbonyl (C=O) groups excluding carboxylic acids is 1. The Kier molecular flexibility index (Phi) is 6.15. The van der Waals surface area contributed by atoms with Gasteiger partial charge in [-0.2, -0.15) is 0 Å². The molecule has 0 aromatic heterocycles. The van der Waals surface area contributed by atoms with Crippen LogP contribution in [0.15, 0.2) is 30.3 Å². The number of amides is 1. The Bertz CT molecular complexity index is 776. The van der Waals surface area contributed by atoms with Gasteiger partial charge in [0, 0.05) is 31.0 Å². The maximum Gasteiger partial charge on any atom is 0.255 e. The van der Waals surface area contributed by atoms with Crippen LogP contribution in [-0.4, -0.2) is 33.7 Å². The number of hydrogen-bond acceptors (Lipinski definition) is 4. The predicted molar refractivity (Wildman–Crippen MR) is 103 cm³/mol. The first kappa shape index (κ1) is 18.9. The zero-order valence-corrected chi connectivity index (χ0v) is 15.9. The van der Waals surface area contributed by atoms with Crippen molar-refractivity contribution in [3.63, 3.8) is 0 Å². The van der Waals surface area contributed by atoms with Gasteiger partial charge in [0.25, 0.3) is 5.91 Å². The van der Waals surface area contributed by atoms with Gasteiger partial charge in [0.15, 0.2) is 11.5 Å². The molecule has 25 heavy (non-hydrogen) atoms. The van der Waals surface area contributed by atoms with Gasteiger partial charge in [-0.05, 0) is 49.7 Å². The van der Waals surface area contributed by atoms with E-state index in [-0.39, 0.29) is 5.91 Å². The Hall–Kier alpha value is -2.40. The standard InChI is InChI=1S/C19H23ClN2O3/c1-6-25-18-15(20)10-13(11-17(18)24-5)19(23)21-14-7-8-16(22(3)4)12(2)9-14/h7-11H,6H2,1-5H3,(H,21,23). The van der Waals surface area contributed by atoms with Crippen LogP contribution >= 0.6 is 11.6 Å². The lowest BCUT2D eigenvalue weighted by atomic mass is 10.1. The summed E-state index contributed by atoms with van der Waals surface area (Å²) in [5, 5.41) is 3.22. The van der Waals surface area contributed by atoms with Crippen LogP contribution < -0.4 is 19.7 Å². The van der Waals surface area contributed by atoms with Crippen LogP contribution in [0.5, 0.6) is 11.5 Å². The Morgan fingerprint density at radius 3 is 2.52 bits per heavy atom. The summed E-state index contributed by atoms with van der Waals surface area (Å²) in [5.41, 5.74) is 3.30. The summed E-state index contributed by atoms with van der Waals surface area (Å²) >= 11 is 6.23. The fourth-order valence-corrected chi connectivity index (χ4v) is 2.84. The molecule has 0 aliphatic rings. The maximum atomic E-state index is 12.6. The highest BCUT2D eigenvalue weighted by Crippen LogP contribution is 2.36. The van der Waals surface area contributed by atoms with Crippen LogP contribution in [0.25, 0.3) is 0 Å². The minimum atomic E-state index is -0.264. The second-order valence-corrected chi connectivity index (χ2v) is 6.18. The average Bonchev–Trinajstić information content (AvgIpc) is 2.56. The summed E-state index contributed by atoms with van der Waals surface area (Å²) in [5.74, 6) is 0.605. The third kappa shape index (κ3) is 4.37. The van der Waals surface area contributed by atoms with Gasteiger partial charge in [-0.3, -0.25) is 4.79 Å². The highest BCUT2D eigenvalue weighted by molar-refractivity contribution is 6.32. The molecule has 0 heterocycles. The monoisotopic (exact) mass is 362 g/mol. The molecular formula is C19H23ClN2O3. The van der Waals surface area contributed by atoms with Crippen molar-refractivity contribution in [3.05, 3.63) is 46.5 Å². The molecule has 0 radical (unpaired) electrons. The molecule has 0 fully saturated rings. The zero-order valence-electron chi connectivity index (χ0n) is 15.1. The van der Waals surface area contributed by atoms with Crippen LogP contribution in [0.4, 0.5) is 11.4 Å². The van der Waals surface area contributed by atoms with Crippen LogP contribution in [0, 0.1) is 6.92 Å². The van der Waals surface area contributed by atoms with E-state index in [1.54, 1.807) is 12.1 Å². The van der Waals surface area contributed by atoms with E-state index >= 15 is 0 Å². The van der Waals surface area contributed by atoms with E-state index in [0.717, 1.165) is 16.9 Å². The zero-order chi connectivity index (χ0) is 18.6. The fourth-order valence-electron chi connectivity index (χ4n) is 2.57. The number of hydrogen-bond donors (Lipinski definition) is 1. The predicted octanol–water partition coefficient (Wildman–Crippen LogP) is 4.37. The molecule has 0 saturated heterocycles. The number of nitrogens with one attached hydrogen (secondary N) is 1. The minimum absolute atomic E-state index is 0.264. The lowest BCUT2D eigenvalue weighted by Crippen LogP contribution is -2.14. The first-order valence-electron chi connectivity index (χ1n) is 7.97. The van der Waals surface area contributed by atoms with Gasteiger partial charge in [0.05, 0.1) is 18.7 Å². The largest absolute Gasteiger partial charge is 0.493 e. The second-order valence-electron chi connectivity index (χ2n) is 5.77. The van der Waals surface area contributed by atoms with E-state index in [9.17, 15) is 4.79 Å². The number of methoxy groups -OCH3 is 1. The van der Waals surface area contributed by atoms with E-state index < -0.39 is 0 Å². The van der Waals surface area contributed by atoms with Crippen molar-refractivity contribution in [2.24, 2.45) is 0 Å². The first-order chi connectivity index (χ1) is 11.9. The smallest absolute Gasteiger partial charge is 0.255 e. The number of anilines is 2. The summed E-state index contributed by atoms with van der Waals surface area (Å²) < 4.78 is 10.8. The molecule has 1 N–H and O–H groups in total. The van der Waals surface area contributed by atoms with Crippen LogP contribution in [0.3, 0.4) is 0 Å². The SMILES string of the molecule is CCOc1c(Cl)cc(C(=O)Nc2ccc(N(C)C)c(C)c2)cc1OC. The van der Waals surface area contributed by atoms with Gasteiger partial charge < -0.3 is 19.7 Å². The summed E-state index contributed by atoms with van der Waals surface area (Å²) in [6.07, 6.45) is 0. The average molecular weight is 363 g/mol. The topological polar surface area (TPSA) is 50.8 Å². The molecule has 0 spiro atoms. The lowest BCUT2D eigenvalue weighted by Gasteiger charge is -2.17. The van der Waals surface area contributed by atoms with E-state index in [1.807, 2.05) is 51.0 Å². The summed E-state index contributed by atoms with van der Waals surface area (Å²) in [6, 6.07) is 8.96. The number of nitrogens with zero attached hydrogens (tertiary/aromatic N) is 1. The summed E-state index contributed by atoms with van der Waals surface area (Å²) in [4.78, 5) is 14.6. The Labute approximate surface area is 153 Å². The number of halogens is 1. The Morgan fingerprint density at radius 1 is 1.24 bits per heavy atom. The van der Waals surface area contributed by atoms with Gasteiger partial charge in [-0.25, -0.2) is 0 Å². The molecule has 134 valence electrons. The number of carbonyl (C=O) groups is 1. The third-order valence-electron chi connectivity index (χ3n) is 3.72. The van der Waals surface area contributed by atoms with Gasteiger partial charge in [0.1, 0.15) is 0 Å². The number of aryl methyl sites for hydroxylation is 1. The van der Waals surface area contributed by atoms with Crippen LogP contribution in [0.1, 0.15) is 22.8 Å². The normalized spacial score (nSPS) is 10.3. The van der Waals surface area contributed by atoms with Crippen molar-refractivity contribution in [1.29, 1.82) is 0 Å². The molecule has 0 saturated carbocycles. The number of rotatable bonds is 6. The van der Waals surface area contributed by atoms with Crippen molar-refractivity contribution in [3.8, 4) is 11.5 Å². The van der Waals surface area contributed by atoms with Crippen LogP contribution in [0.2, 0.25) is 5.02 Å². The van der Waals surface area contributed by atoms with Crippen LogP contribution in [-0.2, 0) is 0 Å². The second kappa shape index (κ2) is 8.12. The van der Waals surface area contributed by atoms with E-state index in [0.29, 0.717) is 28.7 Å². The highest BCUT2D eigenvalue weighted by Gasteiger charge is 2.16. The molecule has 2 aromatic carbocycles. The van der Waals surface area contributed by atoms with Gasteiger partial charge >= 0.3 is 0 Å². The molecule has 5 nitrogen and oxygen atoms in total. The van der Waals surface area contributed by atoms with Crippen molar-refractivity contribution in [2.75, 3.05) is 38.0 Å². The molecule has 6 heteroatoms. The molecule has 0 aliphatic carbocycles. The van der Waals surface area contributed by atoms with Gasteiger partial charge in [-0.15, -0.1) is 0 Å². The van der Waals surface area contributed by atoms with Crippen molar-refractivity contribution < 1.29 is 14.3 Å². The third-order valence-corrected chi connectivity index (χ3v) is 4.00. The summed E-state index contributed by atoms with van der Waals surface area (Å²) in [7, 11) is 5.47. The maximum absolute atomic E-state index is 12.6. The van der Waals surface area contributed by atoms with Gasteiger partial charge in [-0.1, -0.05) is 11.6 Å². The van der Waals surface area contributed by atoms with Crippen molar-refractivity contribution in [1.82, 2.24) is 0 Å². The molecule has 1 amide bonds. The van der Waals surface area contributed by atoms with E-state index in [4.69, 9.17) is 21.1 Å². The Balaban J connectivity index is 2.26. The Morgan fingerprint density at radius 2 is 1.96 bits per heavy atom. The van der Waals surface area contributed by atoms with Crippen molar-refractivity contribution >= 4 is 28.9 Å². The minimum Gasteiger partial charge on any atom is -0.493 e. The van der Waals surface area contributed by atoms with Crippen molar-refractivity contribution in [2.45, 2.75) is 13.8 Å². The highest BCUT2D eigenvalue weighted by atomic mass is 35.5. The first-order valence-corrected chi connectivity index (χ1v) is 8.34. The summed E-state index contributed by atoms with van der Waals surface area (Å²) in [6.45, 7) is 4.32. The van der Waals surface area contributed by atoms with E-state index in [2.05, 4.69) is 5.32 Å². The molecule has 0 atom stereocenters. The molecular weight excluding hydrogens is 340 g/mol. The molecule has 0 aliphatic heterocycles. The molecule has 2 rings (SSSR count). The lowest BCUT2D eigenvalue weighted by molar-refractivity contribution is 0.102. The quantitative estimate of drug-likeness (QED) is 0.828. The van der Waals surface area contributed by atoms with E-state index in [1.165, 1.54) is 7.11 Å². The fraction of sp³-hybridized carbons (Fsp3) is 0.316. The van der Waals surface area contributed by atoms with Gasteiger partial charge in [0.2, 0.25) is 0 Å². The number of ether oxygens (including phenoxy) is 2. The number of benzene rings is 2. The molecule has 0 bridgehead atoms. The molecule has 0 unspecified atom stereocenters.